The van der Waals surface area contributed by atoms with E-state index >= 15 is 0 Å². The van der Waals surface area contributed by atoms with Gasteiger partial charge in [-0.3, -0.25) is 0 Å². The Bertz CT molecular complexity index is 704. The van der Waals surface area contributed by atoms with Gasteiger partial charge in [-0.1, -0.05) is 18.2 Å². The number of anilines is 1. The third-order valence-electron chi connectivity index (χ3n) is 3.61. The lowest BCUT2D eigenvalue weighted by molar-refractivity contribution is 0.250. The average molecular weight is 344 g/mol. The molecule has 6 heteroatoms. The highest BCUT2D eigenvalue weighted by atomic mass is 16.5. The van der Waals surface area contributed by atoms with Crippen molar-refractivity contribution in [3.05, 3.63) is 48.0 Å². The molecule has 25 heavy (non-hydrogen) atoms. The van der Waals surface area contributed by atoms with Crippen LogP contribution in [0.25, 0.3) is 0 Å². The molecule has 0 unspecified atom stereocenters. The minimum Gasteiger partial charge on any atom is -0.497 e. The molecule has 0 spiro atoms. The number of nitrogens with one attached hydrogen (secondary N) is 2. The fraction of sp³-hybridized carbons (Fsp3) is 0.316. The Morgan fingerprint density at radius 2 is 1.84 bits per heavy atom. The largest absolute Gasteiger partial charge is 0.497 e. The van der Waals surface area contributed by atoms with Gasteiger partial charge in [0.15, 0.2) is 0 Å². The van der Waals surface area contributed by atoms with E-state index in [1.807, 2.05) is 31.2 Å². The second-order valence-corrected chi connectivity index (χ2v) is 5.41. The number of ether oxygens (including phenoxy) is 3. The molecule has 0 radical (unpaired) electrons. The highest BCUT2D eigenvalue weighted by molar-refractivity contribution is 5.91. The van der Waals surface area contributed by atoms with E-state index in [1.54, 1.807) is 32.4 Å². The monoisotopic (exact) mass is 344 g/mol. The van der Waals surface area contributed by atoms with E-state index in [0.29, 0.717) is 36.8 Å². The third-order valence-corrected chi connectivity index (χ3v) is 3.61. The molecule has 2 amide bonds. The maximum atomic E-state index is 12.0. The van der Waals surface area contributed by atoms with Crippen molar-refractivity contribution in [2.45, 2.75) is 13.3 Å². The molecular weight excluding hydrogens is 320 g/mol. The van der Waals surface area contributed by atoms with Gasteiger partial charge in [-0.05, 0) is 37.1 Å². The summed E-state index contributed by atoms with van der Waals surface area (Å²) < 4.78 is 16.1. The summed E-state index contributed by atoms with van der Waals surface area (Å²) >= 11 is 0. The summed E-state index contributed by atoms with van der Waals surface area (Å²) in [6.07, 6.45) is 0.710. The van der Waals surface area contributed by atoms with Crippen LogP contribution in [0, 0.1) is 6.92 Å². The summed E-state index contributed by atoms with van der Waals surface area (Å²) in [4.78, 5) is 12.0. The van der Waals surface area contributed by atoms with Gasteiger partial charge in [0, 0.05) is 12.6 Å². The first-order valence-corrected chi connectivity index (χ1v) is 8.09. The zero-order chi connectivity index (χ0) is 18.1. The molecule has 6 nitrogen and oxygen atoms in total. The van der Waals surface area contributed by atoms with E-state index in [4.69, 9.17) is 14.2 Å². The minimum absolute atomic E-state index is 0.292. The molecule has 0 atom stereocenters. The van der Waals surface area contributed by atoms with E-state index in [2.05, 4.69) is 10.6 Å². The SMILES string of the molecule is COc1ccc(NC(=O)NCCCOc2ccccc2C)c(OC)c1. The number of hydrogen-bond donors (Lipinski definition) is 2. The summed E-state index contributed by atoms with van der Waals surface area (Å²) in [5.41, 5.74) is 1.68. The van der Waals surface area contributed by atoms with Gasteiger partial charge in [-0.15, -0.1) is 0 Å². The number of methoxy groups -OCH3 is 2. The zero-order valence-corrected chi connectivity index (χ0v) is 14.8. The van der Waals surface area contributed by atoms with Gasteiger partial charge >= 0.3 is 6.03 Å². The molecule has 2 aromatic rings. The van der Waals surface area contributed by atoms with Gasteiger partial charge in [-0.25, -0.2) is 4.79 Å². The number of benzene rings is 2. The topological polar surface area (TPSA) is 68.8 Å². The molecule has 0 aliphatic rings. The van der Waals surface area contributed by atoms with E-state index < -0.39 is 0 Å². The number of aryl methyl sites for hydroxylation is 1. The number of hydrogen-bond acceptors (Lipinski definition) is 4. The second-order valence-electron chi connectivity index (χ2n) is 5.41. The summed E-state index contributed by atoms with van der Waals surface area (Å²) in [6.45, 7) is 3.05. The van der Waals surface area contributed by atoms with Crippen LogP contribution in [-0.4, -0.2) is 33.4 Å². The highest BCUT2D eigenvalue weighted by Crippen LogP contribution is 2.28. The summed E-state index contributed by atoms with van der Waals surface area (Å²) in [5.74, 6) is 2.07. The van der Waals surface area contributed by atoms with Gasteiger partial charge < -0.3 is 24.8 Å². The lowest BCUT2D eigenvalue weighted by atomic mass is 10.2. The van der Waals surface area contributed by atoms with Gasteiger partial charge in [0.1, 0.15) is 17.2 Å². The van der Waals surface area contributed by atoms with E-state index in [1.165, 1.54) is 0 Å². The fourth-order valence-corrected chi connectivity index (χ4v) is 2.24. The van der Waals surface area contributed by atoms with Crippen molar-refractivity contribution in [1.82, 2.24) is 5.32 Å². The smallest absolute Gasteiger partial charge is 0.319 e. The molecular formula is C19H24N2O4. The number of carbonyl (C=O) groups is 1. The van der Waals surface area contributed by atoms with Crippen molar-refractivity contribution in [2.24, 2.45) is 0 Å². The number of urea groups is 1. The lowest BCUT2D eigenvalue weighted by Crippen LogP contribution is -2.30. The summed E-state index contributed by atoms with van der Waals surface area (Å²) in [5, 5.41) is 5.55. The number of rotatable bonds is 8. The molecule has 2 rings (SSSR count). The quantitative estimate of drug-likeness (QED) is 0.718. The van der Waals surface area contributed by atoms with Crippen molar-refractivity contribution < 1.29 is 19.0 Å². The second kappa shape index (κ2) is 9.42. The Morgan fingerprint density at radius 3 is 2.56 bits per heavy atom. The predicted molar refractivity (Wildman–Crippen MR) is 97.9 cm³/mol. The van der Waals surface area contributed by atoms with Crippen LogP contribution < -0.4 is 24.8 Å². The van der Waals surface area contributed by atoms with E-state index in [9.17, 15) is 4.79 Å². The molecule has 0 saturated heterocycles. The summed E-state index contributed by atoms with van der Waals surface area (Å²) in [7, 11) is 3.12. The Hall–Kier alpha value is -2.89. The van der Waals surface area contributed by atoms with Crippen LogP contribution in [0.2, 0.25) is 0 Å². The van der Waals surface area contributed by atoms with Crippen LogP contribution in [0.1, 0.15) is 12.0 Å². The first kappa shape index (κ1) is 18.4. The molecule has 2 N–H and O–H groups in total. The Kier molecular flexibility index (Phi) is 6.95. The molecule has 2 aromatic carbocycles. The standard InChI is InChI=1S/C19H24N2O4/c1-14-7-4-5-8-17(14)25-12-6-11-20-19(22)21-16-10-9-15(23-2)13-18(16)24-3/h4-5,7-10,13H,6,11-12H2,1-3H3,(H2,20,21,22). The minimum atomic E-state index is -0.292. The molecule has 134 valence electrons. The van der Waals surface area contributed by atoms with Crippen LogP contribution >= 0.6 is 0 Å². The van der Waals surface area contributed by atoms with Crippen LogP contribution in [0.5, 0.6) is 17.2 Å². The zero-order valence-electron chi connectivity index (χ0n) is 14.8. The Balaban J connectivity index is 1.73. The fourth-order valence-electron chi connectivity index (χ4n) is 2.24. The van der Waals surface area contributed by atoms with Gasteiger partial charge in [0.25, 0.3) is 0 Å². The number of para-hydroxylation sites is 1. The average Bonchev–Trinajstić information content (AvgIpc) is 2.63. The van der Waals surface area contributed by atoms with E-state index in [0.717, 1.165) is 11.3 Å². The van der Waals surface area contributed by atoms with Crippen LogP contribution in [0.3, 0.4) is 0 Å². The molecule has 0 aromatic heterocycles. The van der Waals surface area contributed by atoms with Gasteiger partial charge in [0.2, 0.25) is 0 Å². The van der Waals surface area contributed by atoms with Crippen molar-refractivity contribution in [1.29, 1.82) is 0 Å². The first-order valence-electron chi connectivity index (χ1n) is 8.09. The van der Waals surface area contributed by atoms with Crippen molar-refractivity contribution in [2.75, 3.05) is 32.7 Å². The Morgan fingerprint density at radius 1 is 1.04 bits per heavy atom. The van der Waals surface area contributed by atoms with Gasteiger partial charge in [-0.2, -0.15) is 0 Å². The third kappa shape index (κ3) is 5.60. The maximum absolute atomic E-state index is 12.0. The number of carbonyl (C=O) groups excluding carboxylic acids is 1. The van der Waals surface area contributed by atoms with E-state index in [-0.39, 0.29) is 6.03 Å². The Labute approximate surface area is 148 Å². The first-order chi connectivity index (χ1) is 12.1. The predicted octanol–water partition coefficient (Wildman–Crippen LogP) is 3.60. The molecule has 0 fully saturated rings. The van der Waals surface area contributed by atoms with Crippen molar-refractivity contribution in [3.8, 4) is 17.2 Å². The molecule has 0 heterocycles. The molecule has 0 aliphatic heterocycles. The maximum Gasteiger partial charge on any atom is 0.319 e. The number of amides is 2. The highest BCUT2D eigenvalue weighted by Gasteiger charge is 2.08. The lowest BCUT2D eigenvalue weighted by Gasteiger charge is -2.13. The normalized spacial score (nSPS) is 10.0. The van der Waals surface area contributed by atoms with Crippen molar-refractivity contribution >= 4 is 11.7 Å². The van der Waals surface area contributed by atoms with Gasteiger partial charge in [0.05, 0.1) is 26.5 Å². The molecule has 0 saturated carbocycles. The molecule has 0 bridgehead atoms. The van der Waals surface area contributed by atoms with Crippen LogP contribution in [0.4, 0.5) is 10.5 Å². The van der Waals surface area contributed by atoms with Crippen LogP contribution in [-0.2, 0) is 0 Å². The van der Waals surface area contributed by atoms with Crippen molar-refractivity contribution in [3.63, 3.8) is 0 Å². The molecule has 0 aliphatic carbocycles. The summed E-state index contributed by atoms with van der Waals surface area (Å²) in [6, 6.07) is 12.8. The van der Waals surface area contributed by atoms with Crippen LogP contribution in [0.15, 0.2) is 42.5 Å².